The van der Waals surface area contributed by atoms with Gasteiger partial charge in [-0.2, -0.15) is 0 Å². The van der Waals surface area contributed by atoms with Gasteiger partial charge < -0.3 is 4.57 Å². The zero-order valence-electron chi connectivity index (χ0n) is 8.99. The summed E-state index contributed by atoms with van der Waals surface area (Å²) in [5.74, 6) is 1.05. The maximum Gasteiger partial charge on any atom is 0.151 e. The Hall–Kier alpha value is -0.610. The lowest BCUT2D eigenvalue weighted by Gasteiger charge is -2.11. The summed E-state index contributed by atoms with van der Waals surface area (Å²) < 4.78 is 3.24. The molecule has 0 aromatic carbocycles. The largest absolute Gasteiger partial charge is 0.316 e. The first-order chi connectivity index (χ1) is 7.09. The molecule has 0 aliphatic carbocycles. The van der Waals surface area contributed by atoms with Gasteiger partial charge in [-0.3, -0.25) is 0 Å². The van der Waals surface area contributed by atoms with Crippen molar-refractivity contribution in [2.75, 3.05) is 0 Å². The normalized spacial score (nSPS) is 11.3. The first kappa shape index (κ1) is 10.9. The second-order valence-corrected chi connectivity index (χ2v) is 5.88. The first-order valence-corrected chi connectivity index (χ1v) is 6.50. The van der Waals surface area contributed by atoms with Gasteiger partial charge in [-0.1, -0.05) is 0 Å². The van der Waals surface area contributed by atoms with E-state index in [0.29, 0.717) is 6.04 Å². The van der Waals surface area contributed by atoms with E-state index >= 15 is 0 Å². The van der Waals surface area contributed by atoms with Crippen molar-refractivity contribution in [2.24, 2.45) is 0 Å². The molecule has 2 nitrogen and oxygen atoms in total. The Labute approximate surface area is 102 Å². The van der Waals surface area contributed by atoms with E-state index in [4.69, 9.17) is 0 Å². The standard InChI is InChI=1S/C11H13BrN2S/c1-7(2)14-10(12)6-13-11(14)9-5-4-8(3)15-9/h4-7H,1-3H3. The topological polar surface area (TPSA) is 17.8 Å². The van der Waals surface area contributed by atoms with Crippen molar-refractivity contribution >= 4 is 27.3 Å². The molecule has 0 radical (unpaired) electrons. The molecular formula is C11H13BrN2S. The molecule has 0 saturated heterocycles. The third-order valence-electron chi connectivity index (χ3n) is 2.23. The zero-order valence-corrected chi connectivity index (χ0v) is 11.4. The van der Waals surface area contributed by atoms with Gasteiger partial charge in [-0.15, -0.1) is 11.3 Å². The summed E-state index contributed by atoms with van der Waals surface area (Å²) in [4.78, 5) is 6.99. The van der Waals surface area contributed by atoms with Crippen LogP contribution in [-0.4, -0.2) is 9.55 Å². The van der Waals surface area contributed by atoms with Crippen LogP contribution in [0.1, 0.15) is 24.8 Å². The average Bonchev–Trinajstić information content (AvgIpc) is 2.71. The molecule has 0 aliphatic heterocycles. The highest BCUT2D eigenvalue weighted by atomic mass is 79.9. The second kappa shape index (κ2) is 4.10. The van der Waals surface area contributed by atoms with Crippen LogP contribution in [-0.2, 0) is 0 Å². The molecule has 15 heavy (non-hydrogen) atoms. The molecule has 2 aromatic heterocycles. The summed E-state index contributed by atoms with van der Waals surface area (Å²) >= 11 is 5.31. The van der Waals surface area contributed by atoms with Gasteiger partial charge in [0.2, 0.25) is 0 Å². The molecule has 80 valence electrons. The van der Waals surface area contributed by atoms with Crippen molar-refractivity contribution in [1.82, 2.24) is 9.55 Å². The van der Waals surface area contributed by atoms with Crippen molar-refractivity contribution in [3.63, 3.8) is 0 Å². The van der Waals surface area contributed by atoms with E-state index in [1.54, 1.807) is 11.3 Å². The lowest BCUT2D eigenvalue weighted by Crippen LogP contribution is -2.02. The number of halogens is 1. The Morgan fingerprint density at radius 3 is 2.67 bits per heavy atom. The molecule has 0 N–H and O–H groups in total. The highest BCUT2D eigenvalue weighted by Gasteiger charge is 2.13. The van der Waals surface area contributed by atoms with E-state index in [1.807, 2.05) is 6.20 Å². The first-order valence-electron chi connectivity index (χ1n) is 4.89. The second-order valence-electron chi connectivity index (χ2n) is 3.78. The van der Waals surface area contributed by atoms with Crippen molar-refractivity contribution in [1.29, 1.82) is 0 Å². The van der Waals surface area contributed by atoms with Gasteiger partial charge in [0.25, 0.3) is 0 Å². The number of nitrogens with zero attached hydrogens (tertiary/aromatic N) is 2. The fraction of sp³-hybridized carbons (Fsp3) is 0.364. The number of thiophene rings is 1. The Bertz CT molecular complexity index is 471. The summed E-state index contributed by atoms with van der Waals surface area (Å²) in [6, 6.07) is 4.68. The average molecular weight is 285 g/mol. The van der Waals surface area contributed by atoms with Crippen LogP contribution in [0, 0.1) is 6.92 Å². The van der Waals surface area contributed by atoms with Gasteiger partial charge in [0, 0.05) is 10.9 Å². The van der Waals surface area contributed by atoms with Gasteiger partial charge in [0.05, 0.1) is 11.1 Å². The maximum absolute atomic E-state index is 4.45. The molecule has 2 rings (SSSR count). The minimum absolute atomic E-state index is 0.416. The van der Waals surface area contributed by atoms with Crippen molar-refractivity contribution < 1.29 is 0 Å². The summed E-state index contributed by atoms with van der Waals surface area (Å²) in [6.07, 6.45) is 1.87. The monoisotopic (exact) mass is 284 g/mol. The molecule has 0 atom stereocenters. The Morgan fingerprint density at radius 1 is 1.40 bits per heavy atom. The fourth-order valence-corrected chi connectivity index (χ4v) is 3.11. The van der Waals surface area contributed by atoms with E-state index in [0.717, 1.165) is 10.4 Å². The van der Waals surface area contributed by atoms with Gasteiger partial charge in [0.15, 0.2) is 5.82 Å². The van der Waals surface area contributed by atoms with E-state index < -0.39 is 0 Å². The van der Waals surface area contributed by atoms with Crippen LogP contribution in [0.2, 0.25) is 0 Å². The maximum atomic E-state index is 4.45. The number of hydrogen-bond donors (Lipinski definition) is 0. The lowest BCUT2D eigenvalue weighted by atomic mass is 10.3. The smallest absolute Gasteiger partial charge is 0.151 e. The van der Waals surface area contributed by atoms with Crippen LogP contribution in [0.4, 0.5) is 0 Å². The molecule has 0 aliphatic rings. The third-order valence-corrected chi connectivity index (χ3v) is 3.81. The number of hydrogen-bond acceptors (Lipinski definition) is 2. The van der Waals surface area contributed by atoms with Crippen LogP contribution in [0.15, 0.2) is 22.9 Å². The molecular weight excluding hydrogens is 272 g/mol. The van der Waals surface area contributed by atoms with Gasteiger partial charge in [-0.05, 0) is 48.8 Å². The van der Waals surface area contributed by atoms with Crippen LogP contribution in [0.3, 0.4) is 0 Å². The van der Waals surface area contributed by atoms with E-state index in [1.165, 1.54) is 9.75 Å². The number of imidazole rings is 1. The van der Waals surface area contributed by atoms with Gasteiger partial charge in [-0.25, -0.2) is 4.98 Å². The van der Waals surface area contributed by atoms with E-state index in [-0.39, 0.29) is 0 Å². The van der Waals surface area contributed by atoms with Crippen molar-refractivity contribution in [3.05, 3.63) is 27.8 Å². The molecule has 0 fully saturated rings. The summed E-state index contributed by atoms with van der Waals surface area (Å²) in [5, 5.41) is 0. The molecule has 0 unspecified atom stereocenters. The third kappa shape index (κ3) is 2.01. The molecule has 2 aromatic rings. The lowest BCUT2D eigenvalue weighted by molar-refractivity contribution is 0.596. The number of aryl methyl sites for hydroxylation is 1. The van der Waals surface area contributed by atoms with Crippen LogP contribution < -0.4 is 0 Å². The minimum atomic E-state index is 0.416. The summed E-state index contributed by atoms with van der Waals surface area (Å²) in [5.41, 5.74) is 0. The Morgan fingerprint density at radius 2 is 2.13 bits per heavy atom. The van der Waals surface area contributed by atoms with Crippen LogP contribution >= 0.6 is 27.3 Å². The Balaban J connectivity index is 2.53. The molecule has 0 spiro atoms. The van der Waals surface area contributed by atoms with Crippen molar-refractivity contribution in [3.8, 4) is 10.7 Å². The van der Waals surface area contributed by atoms with E-state index in [2.05, 4.69) is 58.4 Å². The fourth-order valence-electron chi connectivity index (χ4n) is 1.57. The molecule has 4 heteroatoms. The highest BCUT2D eigenvalue weighted by Crippen LogP contribution is 2.31. The molecule has 2 heterocycles. The van der Waals surface area contributed by atoms with E-state index in [9.17, 15) is 0 Å². The molecule has 0 bridgehead atoms. The summed E-state index contributed by atoms with van der Waals surface area (Å²) in [6.45, 7) is 6.44. The van der Waals surface area contributed by atoms with Crippen molar-refractivity contribution in [2.45, 2.75) is 26.8 Å². The predicted octanol–water partition coefficient (Wildman–Crippen LogP) is 4.26. The number of rotatable bonds is 2. The van der Waals surface area contributed by atoms with Crippen LogP contribution in [0.25, 0.3) is 10.7 Å². The number of aromatic nitrogens is 2. The molecule has 0 saturated carbocycles. The predicted molar refractivity (Wildman–Crippen MR) is 68.4 cm³/mol. The highest BCUT2D eigenvalue weighted by molar-refractivity contribution is 9.10. The van der Waals surface area contributed by atoms with Crippen LogP contribution in [0.5, 0.6) is 0 Å². The SMILES string of the molecule is Cc1ccc(-c2ncc(Br)n2C(C)C)s1. The quantitative estimate of drug-likeness (QED) is 0.806. The van der Waals surface area contributed by atoms with Gasteiger partial charge in [0.1, 0.15) is 4.60 Å². The molecule has 0 amide bonds. The minimum Gasteiger partial charge on any atom is -0.316 e. The Kier molecular flexibility index (Phi) is 2.98. The van der Waals surface area contributed by atoms with Gasteiger partial charge >= 0.3 is 0 Å². The summed E-state index contributed by atoms with van der Waals surface area (Å²) in [7, 11) is 0. The zero-order chi connectivity index (χ0) is 11.0.